The van der Waals surface area contributed by atoms with Gasteiger partial charge in [-0.05, 0) is 38.9 Å². The molecule has 0 aromatic carbocycles. The minimum atomic E-state index is -0.00415. The molecule has 0 spiro atoms. The van der Waals surface area contributed by atoms with E-state index in [0.717, 1.165) is 25.9 Å². The van der Waals surface area contributed by atoms with Crippen molar-refractivity contribution in [1.82, 2.24) is 14.7 Å². The van der Waals surface area contributed by atoms with Crippen molar-refractivity contribution in [3.8, 4) is 0 Å². The molecule has 1 saturated carbocycles. The first-order valence-electron chi connectivity index (χ1n) is 8.21. The number of nitrogens with zero attached hydrogens (tertiary/aromatic N) is 3. The van der Waals surface area contributed by atoms with E-state index in [1.165, 1.54) is 19.3 Å². The Balaban J connectivity index is 1.86. The highest BCUT2D eigenvalue weighted by molar-refractivity contribution is 5.90. The first-order chi connectivity index (χ1) is 10.5. The summed E-state index contributed by atoms with van der Waals surface area (Å²) in [5.74, 6) is 0.664. The number of carbonyl (C=O) groups is 1. The van der Waals surface area contributed by atoms with Crippen LogP contribution in [0.15, 0.2) is 12.3 Å². The number of anilines is 1. The van der Waals surface area contributed by atoms with Crippen LogP contribution in [0.3, 0.4) is 0 Å². The Morgan fingerprint density at radius 1 is 1.41 bits per heavy atom. The topological polar surface area (TPSA) is 76.2 Å². The van der Waals surface area contributed by atoms with Gasteiger partial charge in [0.1, 0.15) is 0 Å². The largest absolute Gasteiger partial charge is 0.330 e. The van der Waals surface area contributed by atoms with Crippen molar-refractivity contribution >= 4 is 11.7 Å². The lowest BCUT2D eigenvalue weighted by atomic mass is 9.71. The number of amides is 1. The molecule has 6 nitrogen and oxygen atoms in total. The van der Waals surface area contributed by atoms with Gasteiger partial charge in [-0.2, -0.15) is 5.10 Å². The summed E-state index contributed by atoms with van der Waals surface area (Å²) in [7, 11) is 4.06. The number of carbonyl (C=O) groups excluding carboxylic acids is 1. The molecule has 0 saturated heterocycles. The third-order valence-corrected chi connectivity index (χ3v) is 4.57. The van der Waals surface area contributed by atoms with Crippen LogP contribution in [0.1, 0.15) is 38.5 Å². The first-order valence-corrected chi connectivity index (χ1v) is 8.21. The van der Waals surface area contributed by atoms with E-state index >= 15 is 0 Å². The predicted octanol–water partition coefficient (Wildman–Crippen LogP) is 1.68. The third-order valence-electron chi connectivity index (χ3n) is 4.57. The van der Waals surface area contributed by atoms with Crippen molar-refractivity contribution in [1.29, 1.82) is 0 Å². The van der Waals surface area contributed by atoms with Gasteiger partial charge in [0.2, 0.25) is 5.91 Å². The average Bonchev–Trinajstić information content (AvgIpc) is 2.93. The Bertz CT molecular complexity index is 477. The number of likely N-dealkylation sites (N-methyl/N-ethyl adjacent to an activating group) is 1. The van der Waals surface area contributed by atoms with Crippen molar-refractivity contribution in [3.63, 3.8) is 0 Å². The fourth-order valence-electron chi connectivity index (χ4n) is 3.14. The fraction of sp³-hybridized carbons (Fsp3) is 0.750. The van der Waals surface area contributed by atoms with Crippen LogP contribution in [-0.2, 0) is 11.3 Å². The van der Waals surface area contributed by atoms with Crippen LogP contribution in [0, 0.1) is 5.41 Å². The highest BCUT2D eigenvalue weighted by Gasteiger charge is 2.33. The Kier molecular flexibility index (Phi) is 5.97. The molecule has 1 aromatic rings. The van der Waals surface area contributed by atoms with Gasteiger partial charge in [0.25, 0.3) is 0 Å². The fourth-order valence-corrected chi connectivity index (χ4v) is 3.14. The number of rotatable bonds is 7. The van der Waals surface area contributed by atoms with Crippen molar-refractivity contribution < 1.29 is 4.79 Å². The summed E-state index contributed by atoms with van der Waals surface area (Å²) in [6.07, 6.45) is 8.17. The zero-order valence-electron chi connectivity index (χ0n) is 13.8. The summed E-state index contributed by atoms with van der Waals surface area (Å²) in [5, 5.41) is 7.31. The molecular weight excluding hydrogens is 278 g/mol. The number of nitrogens with two attached hydrogens (primary N) is 1. The van der Waals surface area contributed by atoms with E-state index in [9.17, 15) is 4.79 Å². The number of nitrogens with one attached hydrogen (secondary N) is 1. The monoisotopic (exact) mass is 307 g/mol. The van der Waals surface area contributed by atoms with Crippen LogP contribution in [0.4, 0.5) is 5.82 Å². The normalized spacial score (nSPS) is 17.6. The lowest BCUT2D eigenvalue weighted by Gasteiger charge is -2.35. The van der Waals surface area contributed by atoms with E-state index in [-0.39, 0.29) is 11.3 Å². The highest BCUT2D eigenvalue weighted by atomic mass is 16.1. The standard InChI is InChI=1S/C16H29N5O/c1-20(2)10-11-21-9-6-14(19-21)18-15(22)12-16(13-17)7-4-3-5-8-16/h6,9H,3-5,7-8,10-13,17H2,1-2H3,(H,18,19,22). The molecule has 0 aliphatic heterocycles. The smallest absolute Gasteiger partial charge is 0.226 e. The van der Waals surface area contributed by atoms with Crippen LogP contribution >= 0.6 is 0 Å². The number of hydrogen-bond acceptors (Lipinski definition) is 4. The second kappa shape index (κ2) is 7.74. The molecule has 0 unspecified atom stereocenters. The summed E-state index contributed by atoms with van der Waals surface area (Å²) in [4.78, 5) is 14.4. The minimum Gasteiger partial charge on any atom is -0.330 e. The van der Waals surface area contributed by atoms with Crippen LogP contribution in [-0.4, -0.2) is 47.8 Å². The molecule has 1 aromatic heterocycles. The van der Waals surface area contributed by atoms with Crippen molar-refractivity contribution in [2.24, 2.45) is 11.1 Å². The maximum absolute atomic E-state index is 12.3. The molecule has 6 heteroatoms. The summed E-state index contributed by atoms with van der Waals surface area (Å²) in [6, 6.07) is 1.85. The van der Waals surface area contributed by atoms with Gasteiger partial charge in [-0.3, -0.25) is 9.48 Å². The maximum atomic E-state index is 12.3. The number of aromatic nitrogens is 2. The molecule has 0 atom stereocenters. The van der Waals surface area contributed by atoms with E-state index in [4.69, 9.17) is 5.73 Å². The van der Waals surface area contributed by atoms with E-state index in [0.29, 0.717) is 18.8 Å². The van der Waals surface area contributed by atoms with Gasteiger partial charge in [-0.15, -0.1) is 0 Å². The lowest BCUT2D eigenvalue weighted by molar-refractivity contribution is -0.118. The van der Waals surface area contributed by atoms with E-state index in [1.807, 2.05) is 31.0 Å². The molecule has 124 valence electrons. The van der Waals surface area contributed by atoms with Gasteiger partial charge < -0.3 is 16.0 Å². The summed E-state index contributed by atoms with van der Waals surface area (Å²) >= 11 is 0. The molecular formula is C16H29N5O. The SMILES string of the molecule is CN(C)CCn1ccc(NC(=O)CC2(CN)CCCCC2)n1. The van der Waals surface area contributed by atoms with Crippen LogP contribution in [0.5, 0.6) is 0 Å². The van der Waals surface area contributed by atoms with E-state index < -0.39 is 0 Å². The van der Waals surface area contributed by atoms with Gasteiger partial charge in [-0.25, -0.2) is 0 Å². The average molecular weight is 307 g/mol. The number of hydrogen-bond donors (Lipinski definition) is 2. The minimum absolute atomic E-state index is 0.00415. The lowest BCUT2D eigenvalue weighted by Crippen LogP contribution is -2.36. The van der Waals surface area contributed by atoms with Gasteiger partial charge >= 0.3 is 0 Å². The van der Waals surface area contributed by atoms with E-state index in [1.54, 1.807) is 0 Å². The van der Waals surface area contributed by atoms with Crippen LogP contribution in [0.25, 0.3) is 0 Å². The molecule has 2 rings (SSSR count). The van der Waals surface area contributed by atoms with Gasteiger partial charge in [-0.1, -0.05) is 19.3 Å². The van der Waals surface area contributed by atoms with Crippen molar-refractivity contribution in [3.05, 3.63) is 12.3 Å². The zero-order chi connectivity index (χ0) is 16.0. The third kappa shape index (κ3) is 4.81. The summed E-state index contributed by atoms with van der Waals surface area (Å²) < 4.78 is 1.86. The van der Waals surface area contributed by atoms with E-state index in [2.05, 4.69) is 15.3 Å². The molecule has 1 aliphatic rings. The first kappa shape index (κ1) is 17.0. The Morgan fingerprint density at radius 2 is 2.14 bits per heavy atom. The molecule has 1 fully saturated rings. The second-order valence-corrected chi connectivity index (χ2v) is 6.76. The summed E-state index contributed by atoms with van der Waals surface area (Å²) in [5.41, 5.74) is 5.94. The molecule has 22 heavy (non-hydrogen) atoms. The van der Waals surface area contributed by atoms with Crippen molar-refractivity contribution in [2.75, 3.05) is 32.5 Å². The Morgan fingerprint density at radius 3 is 2.77 bits per heavy atom. The van der Waals surface area contributed by atoms with Crippen LogP contribution < -0.4 is 11.1 Å². The van der Waals surface area contributed by atoms with Crippen LogP contribution in [0.2, 0.25) is 0 Å². The molecule has 1 heterocycles. The summed E-state index contributed by atoms with van der Waals surface area (Å²) in [6.45, 7) is 2.33. The van der Waals surface area contributed by atoms with Crippen molar-refractivity contribution in [2.45, 2.75) is 45.1 Å². The van der Waals surface area contributed by atoms with Gasteiger partial charge in [0, 0.05) is 25.2 Å². The van der Waals surface area contributed by atoms with Gasteiger partial charge in [0.05, 0.1) is 6.54 Å². The Hall–Kier alpha value is -1.40. The quantitative estimate of drug-likeness (QED) is 0.803. The predicted molar refractivity (Wildman–Crippen MR) is 88.6 cm³/mol. The zero-order valence-corrected chi connectivity index (χ0v) is 13.8. The molecule has 0 radical (unpaired) electrons. The molecule has 1 amide bonds. The second-order valence-electron chi connectivity index (χ2n) is 6.76. The van der Waals surface area contributed by atoms with Gasteiger partial charge in [0.15, 0.2) is 5.82 Å². The molecule has 0 bridgehead atoms. The highest BCUT2D eigenvalue weighted by Crippen LogP contribution is 2.38. The molecule has 3 N–H and O–H groups in total. The molecule has 1 aliphatic carbocycles. The maximum Gasteiger partial charge on any atom is 0.226 e. The Labute approximate surface area is 133 Å².